The van der Waals surface area contributed by atoms with E-state index < -0.39 is 28.8 Å². The van der Waals surface area contributed by atoms with Crippen LogP contribution in [-0.2, 0) is 9.59 Å². The van der Waals surface area contributed by atoms with Gasteiger partial charge in [-0.2, -0.15) is 0 Å². The Morgan fingerprint density at radius 2 is 2.11 bits per heavy atom. The van der Waals surface area contributed by atoms with Crippen molar-refractivity contribution in [2.45, 2.75) is 12.2 Å². The van der Waals surface area contributed by atoms with Crippen LogP contribution >= 0.6 is 11.8 Å². The topological polar surface area (TPSA) is 66.4 Å². The first-order chi connectivity index (χ1) is 8.40. The number of halogens is 2. The summed E-state index contributed by atoms with van der Waals surface area (Å²) in [6, 6.07) is 2.78. The molecule has 0 aliphatic carbocycles. The van der Waals surface area contributed by atoms with Gasteiger partial charge in [0, 0.05) is 6.07 Å². The molecule has 0 fully saturated rings. The molecule has 0 spiro atoms. The third kappa shape index (κ3) is 4.33. The van der Waals surface area contributed by atoms with Crippen molar-refractivity contribution in [3.05, 3.63) is 29.8 Å². The Kier molecular flexibility index (Phi) is 5.08. The fraction of sp³-hybridized carbons (Fsp3) is 0.273. The zero-order valence-electron chi connectivity index (χ0n) is 9.44. The van der Waals surface area contributed by atoms with Gasteiger partial charge < -0.3 is 10.4 Å². The molecule has 2 N–H and O–H groups in total. The second-order valence-corrected chi connectivity index (χ2v) is 4.79. The van der Waals surface area contributed by atoms with Gasteiger partial charge in [0.15, 0.2) is 0 Å². The van der Waals surface area contributed by atoms with Gasteiger partial charge in [-0.3, -0.25) is 9.59 Å². The minimum Gasteiger partial charge on any atom is -0.480 e. The highest BCUT2D eigenvalue weighted by Crippen LogP contribution is 2.16. The minimum absolute atomic E-state index is 0.121. The first-order valence-corrected chi connectivity index (χ1v) is 6.04. The summed E-state index contributed by atoms with van der Waals surface area (Å²) in [5.74, 6) is -3.30. The van der Waals surface area contributed by atoms with Crippen LogP contribution in [0.25, 0.3) is 0 Å². The van der Waals surface area contributed by atoms with Gasteiger partial charge in [0.25, 0.3) is 0 Å². The average Bonchev–Trinajstić information content (AvgIpc) is 2.29. The smallest absolute Gasteiger partial charge is 0.316 e. The fourth-order valence-electron chi connectivity index (χ4n) is 1.05. The number of aliphatic carboxylic acids is 1. The molecule has 0 bridgehead atoms. The molecule has 98 valence electrons. The lowest BCUT2D eigenvalue weighted by Crippen LogP contribution is -2.19. The second kappa shape index (κ2) is 6.34. The molecule has 1 rings (SSSR count). The van der Waals surface area contributed by atoms with Crippen molar-refractivity contribution in [1.29, 1.82) is 0 Å². The third-order valence-corrected chi connectivity index (χ3v) is 3.15. The molecular formula is C11H11F2NO3S. The zero-order chi connectivity index (χ0) is 13.7. The Morgan fingerprint density at radius 1 is 1.44 bits per heavy atom. The van der Waals surface area contributed by atoms with E-state index in [-0.39, 0.29) is 11.4 Å². The maximum atomic E-state index is 13.2. The molecular weight excluding hydrogens is 264 g/mol. The van der Waals surface area contributed by atoms with Crippen molar-refractivity contribution in [2.24, 2.45) is 0 Å². The molecule has 0 heterocycles. The van der Waals surface area contributed by atoms with Crippen LogP contribution in [0.1, 0.15) is 6.92 Å². The summed E-state index contributed by atoms with van der Waals surface area (Å²) in [5, 5.41) is 10.1. The second-order valence-electron chi connectivity index (χ2n) is 3.46. The van der Waals surface area contributed by atoms with E-state index in [2.05, 4.69) is 5.32 Å². The standard InChI is InChI=1S/C11H11F2NO3S/c1-6(11(16)17)18-5-10(15)14-9-3-2-7(12)4-8(9)13/h2-4,6H,5H2,1H3,(H,14,15)(H,16,17). The summed E-state index contributed by atoms with van der Waals surface area (Å²) in [4.78, 5) is 21.9. The number of carbonyl (C=O) groups excluding carboxylic acids is 1. The number of thioether (sulfide) groups is 1. The minimum atomic E-state index is -1.03. The number of rotatable bonds is 5. The van der Waals surface area contributed by atoms with E-state index in [1.165, 1.54) is 6.92 Å². The summed E-state index contributed by atoms with van der Waals surface area (Å²) < 4.78 is 25.8. The maximum Gasteiger partial charge on any atom is 0.316 e. The van der Waals surface area contributed by atoms with Crippen LogP contribution in [0, 0.1) is 11.6 Å². The number of carboxylic acid groups (broad SMARTS) is 1. The van der Waals surface area contributed by atoms with Crippen LogP contribution in [0.2, 0.25) is 0 Å². The zero-order valence-corrected chi connectivity index (χ0v) is 10.3. The Balaban J connectivity index is 2.52. The molecule has 0 aliphatic rings. The van der Waals surface area contributed by atoms with Crippen LogP contribution in [0.3, 0.4) is 0 Å². The molecule has 0 radical (unpaired) electrons. The van der Waals surface area contributed by atoms with Gasteiger partial charge in [-0.1, -0.05) is 0 Å². The van der Waals surface area contributed by atoms with Crippen molar-refractivity contribution in [1.82, 2.24) is 0 Å². The van der Waals surface area contributed by atoms with E-state index in [0.29, 0.717) is 6.07 Å². The monoisotopic (exact) mass is 275 g/mol. The van der Waals surface area contributed by atoms with Crippen LogP contribution < -0.4 is 5.32 Å². The fourth-order valence-corrected chi connectivity index (χ4v) is 1.67. The van der Waals surface area contributed by atoms with Crippen molar-refractivity contribution < 1.29 is 23.5 Å². The van der Waals surface area contributed by atoms with Crippen molar-refractivity contribution >= 4 is 29.3 Å². The molecule has 18 heavy (non-hydrogen) atoms. The molecule has 0 aromatic heterocycles. The molecule has 1 atom stereocenters. The number of nitrogens with one attached hydrogen (secondary N) is 1. The van der Waals surface area contributed by atoms with Gasteiger partial charge in [-0.15, -0.1) is 11.8 Å². The number of amides is 1. The molecule has 0 saturated heterocycles. The normalized spacial score (nSPS) is 11.9. The molecule has 1 aromatic rings. The molecule has 1 unspecified atom stereocenters. The maximum absolute atomic E-state index is 13.2. The Bertz CT molecular complexity index is 468. The summed E-state index contributed by atoms with van der Waals surface area (Å²) in [6.45, 7) is 1.44. The van der Waals surface area contributed by atoms with Crippen LogP contribution in [0.4, 0.5) is 14.5 Å². The Labute approximate surface area is 106 Å². The molecule has 1 amide bonds. The lowest BCUT2D eigenvalue weighted by molar-refractivity contribution is -0.136. The van der Waals surface area contributed by atoms with Gasteiger partial charge in [0.05, 0.1) is 16.7 Å². The van der Waals surface area contributed by atoms with Crippen molar-refractivity contribution in [3.8, 4) is 0 Å². The molecule has 7 heteroatoms. The highest BCUT2D eigenvalue weighted by atomic mass is 32.2. The number of hydrogen-bond donors (Lipinski definition) is 2. The summed E-state index contributed by atoms with van der Waals surface area (Å²) in [5.41, 5.74) is -0.134. The van der Waals surface area contributed by atoms with Gasteiger partial charge in [0.1, 0.15) is 11.6 Å². The number of benzene rings is 1. The van der Waals surface area contributed by atoms with Gasteiger partial charge in [-0.05, 0) is 19.1 Å². The summed E-state index contributed by atoms with van der Waals surface area (Å²) in [7, 11) is 0. The van der Waals surface area contributed by atoms with E-state index >= 15 is 0 Å². The number of hydrogen-bond acceptors (Lipinski definition) is 3. The van der Waals surface area contributed by atoms with Gasteiger partial charge >= 0.3 is 5.97 Å². The number of carbonyl (C=O) groups is 2. The Morgan fingerprint density at radius 3 is 2.67 bits per heavy atom. The average molecular weight is 275 g/mol. The summed E-state index contributed by atoms with van der Waals surface area (Å²) >= 11 is 0.913. The first-order valence-electron chi connectivity index (χ1n) is 4.99. The van der Waals surface area contributed by atoms with E-state index in [1.54, 1.807) is 0 Å². The lowest BCUT2D eigenvalue weighted by atomic mass is 10.3. The van der Waals surface area contributed by atoms with Gasteiger partial charge in [0.2, 0.25) is 5.91 Å². The predicted molar refractivity (Wildman–Crippen MR) is 64.5 cm³/mol. The van der Waals surface area contributed by atoms with E-state index in [0.717, 1.165) is 23.9 Å². The van der Waals surface area contributed by atoms with E-state index in [4.69, 9.17) is 5.11 Å². The molecule has 0 saturated carbocycles. The quantitative estimate of drug-likeness (QED) is 0.863. The van der Waals surface area contributed by atoms with E-state index in [9.17, 15) is 18.4 Å². The van der Waals surface area contributed by atoms with Crippen molar-refractivity contribution in [3.63, 3.8) is 0 Å². The lowest BCUT2D eigenvalue weighted by Gasteiger charge is -2.08. The van der Waals surface area contributed by atoms with Crippen LogP contribution in [-0.4, -0.2) is 28.0 Å². The Hall–Kier alpha value is -1.63. The molecule has 4 nitrogen and oxygen atoms in total. The highest BCUT2D eigenvalue weighted by molar-refractivity contribution is 8.01. The largest absolute Gasteiger partial charge is 0.480 e. The molecule has 1 aromatic carbocycles. The highest BCUT2D eigenvalue weighted by Gasteiger charge is 2.14. The molecule has 0 aliphatic heterocycles. The first kappa shape index (κ1) is 14.4. The number of anilines is 1. The predicted octanol–water partition coefficient (Wildman–Crippen LogP) is 2.11. The van der Waals surface area contributed by atoms with Gasteiger partial charge in [-0.25, -0.2) is 8.78 Å². The van der Waals surface area contributed by atoms with E-state index in [1.807, 2.05) is 0 Å². The number of carboxylic acids is 1. The van der Waals surface area contributed by atoms with Crippen molar-refractivity contribution in [2.75, 3.05) is 11.1 Å². The SMILES string of the molecule is CC(SCC(=O)Nc1ccc(F)cc1F)C(=O)O. The van der Waals surface area contributed by atoms with Crippen LogP contribution in [0.15, 0.2) is 18.2 Å². The van der Waals surface area contributed by atoms with Crippen LogP contribution in [0.5, 0.6) is 0 Å². The third-order valence-electron chi connectivity index (χ3n) is 2.02. The summed E-state index contributed by atoms with van der Waals surface area (Å²) in [6.07, 6.45) is 0.